The van der Waals surface area contributed by atoms with E-state index in [2.05, 4.69) is 20.8 Å². The van der Waals surface area contributed by atoms with E-state index in [0.717, 1.165) is 11.3 Å². The van der Waals surface area contributed by atoms with Gasteiger partial charge in [-0.05, 0) is 26.3 Å². The molecule has 1 fully saturated rings. The van der Waals surface area contributed by atoms with Crippen molar-refractivity contribution in [3.8, 4) is 0 Å². The fourth-order valence-corrected chi connectivity index (χ4v) is 2.99. The number of carbonyl (C=O) groups excluding carboxylic acids is 1. The topological polar surface area (TPSA) is 103 Å². The molecule has 120 valence electrons. The summed E-state index contributed by atoms with van der Waals surface area (Å²) in [7, 11) is 0. The van der Waals surface area contributed by atoms with Crippen LogP contribution in [0.5, 0.6) is 0 Å². The van der Waals surface area contributed by atoms with Crippen molar-refractivity contribution < 1.29 is 14.7 Å². The number of carboxylic acids is 1. The van der Waals surface area contributed by atoms with Gasteiger partial charge in [0.2, 0.25) is 0 Å². The first-order valence-corrected chi connectivity index (χ1v) is 7.34. The third kappa shape index (κ3) is 2.75. The quantitative estimate of drug-likeness (QED) is 0.577. The summed E-state index contributed by atoms with van der Waals surface area (Å²) in [6, 6.07) is 7.27. The van der Waals surface area contributed by atoms with Gasteiger partial charge < -0.3 is 15.7 Å². The minimum absolute atomic E-state index is 0.263. The molecule has 23 heavy (non-hydrogen) atoms. The lowest BCUT2D eigenvalue weighted by atomic mass is 9.84. The van der Waals surface area contributed by atoms with Gasteiger partial charge in [-0.2, -0.15) is 5.10 Å². The smallest absolute Gasteiger partial charge is 0.310 e. The second-order valence-electron chi connectivity index (χ2n) is 6.51. The van der Waals surface area contributed by atoms with Crippen LogP contribution >= 0.6 is 0 Å². The molecule has 1 aromatic rings. The lowest BCUT2D eigenvalue weighted by molar-refractivity contribution is -0.146. The van der Waals surface area contributed by atoms with Gasteiger partial charge in [-0.1, -0.05) is 18.2 Å². The number of rotatable bonds is 3. The molecular weight excluding hydrogens is 296 g/mol. The van der Waals surface area contributed by atoms with Crippen LogP contribution in [0.3, 0.4) is 0 Å². The summed E-state index contributed by atoms with van der Waals surface area (Å²) in [5.41, 5.74) is 0.306. The number of para-hydroxylation sites is 1. The maximum Gasteiger partial charge on any atom is 0.310 e. The van der Waals surface area contributed by atoms with Gasteiger partial charge in [0, 0.05) is 18.3 Å². The van der Waals surface area contributed by atoms with Crippen molar-refractivity contribution in [3.63, 3.8) is 0 Å². The lowest BCUT2D eigenvalue weighted by Gasteiger charge is -2.20. The predicted molar refractivity (Wildman–Crippen MR) is 86.9 cm³/mol. The molecule has 0 aromatic heterocycles. The lowest BCUT2D eigenvalue weighted by Crippen LogP contribution is -2.37. The molecule has 0 spiro atoms. The molecule has 7 nitrogen and oxygen atoms in total. The third-order valence-electron chi connectivity index (χ3n) is 4.30. The summed E-state index contributed by atoms with van der Waals surface area (Å²) in [5.74, 6) is -1.12. The number of hydrogen-bond donors (Lipinski definition) is 3. The normalized spacial score (nSPS) is 31.6. The number of fused-ring (bicyclic) bond motifs is 1. The Balaban J connectivity index is 1.79. The number of anilines is 1. The Morgan fingerprint density at radius 3 is 2.78 bits per heavy atom. The fraction of sp³-hybridized carbons (Fsp3) is 0.375. The molecule has 2 unspecified atom stereocenters. The van der Waals surface area contributed by atoms with Crippen LogP contribution in [-0.4, -0.2) is 41.0 Å². The molecule has 2 heterocycles. The van der Waals surface area contributed by atoms with E-state index in [1.54, 1.807) is 25.3 Å². The monoisotopic (exact) mass is 314 g/mol. The van der Waals surface area contributed by atoms with E-state index in [4.69, 9.17) is 0 Å². The zero-order valence-corrected chi connectivity index (χ0v) is 13.0. The van der Waals surface area contributed by atoms with Crippen LogP contribution in [0.1, 0.15) is 25.8 Å². The first kappa shape index (κ1) is 15.4. The van der Waals surface area contributed by atoms with Crippen LogP contribution in [-0.2, 0) is 9.59 Å². The van der Waals surface area contributed by atoms with E-state index in [-0.39, 0.29) is 11.6 Å². The van der Waals surface area contributed by atoms with Gasteiger partial charge in [-0.3, -0.25) is 9.59 Å². The van der Waals surface area contributed by atoms with Gasteiger partial charge in [-0.15, -0.1) is 5.10 Å². The summed E-state index contributed by atoms with van der Waals surface area (Å²) >= 11 is 0. The number of aliphatic carboxylic acids is 1. The van der Waals surface area contributed by atoms with E-state index in [1.807, 2.05) is 19.1 Å². The summed E-state index contributed by atoms with van der Waals surface area (Å²) in [6.45, 7) is 3.94. The third-order valence-corrected chi connectivity index (χ3v) is 4.30. The minimum atomic E-state index is -0.836. The molecule has 3 N–H and O–H groups in total. The van der Waals surface area contributed by atoms with Crippen molar-refractivity contribution in [2.45, 2.75) is 25.8 Å². The molecule has 7 heteroatoms. The Kier molecular flexibility index (Phi) is 3.52. The standard InChI is InChI=1S/C16H18N4O3/c1-15(14(22)23)7-16(2,17-8-15)9-18-20-12-10-5-3-4-6-11(10)19-13(12)21/h3-6,9,17H,7-8H2,1-2H3,(H,22,23)(H,19,20,21)/b18-9+. The highest BCUT2D eigenvalue weighted by Crippen LogP contribution is 2.34. The predicted octanol–water partition coefficient (Wildman–Crippen LogP) is 1.26. The molecular formula is C16H18N4O3. The number of benzene rings is 1. The summed E-state index contributed by atoms with van der Waals surface area (Å²) in [4.78, 5) is 23.2. The zero-order valence-electron chi connectivity index (χ0n) is 13.0. The Morgan fingerprint density at radius 2 is 2.09 bits per heavy atom. The largest absolute Gasteiger partial charge is 0.481 e. The van der Waals surface area contributed by atoms with E-state index in [1.165, 1.54) is 0 Å². The molecule has 1 aromatic carbocycles. The summed E-state index contributed by atoms with van der Waals surface area (Å²) < 4.78 is 0. The first-order chi connectivity index (χ1) is 10.8. The Morgan fingerprint density at radius 1 is 1.35 bits per heavy atom. The van der Waals surface area contributed by atoms with Crippen LogP contribution in [0.15, 0.2) is 34.5 Å². The Labute approximate surface area is 133 Å². The van der Waals surface area contributed by atoms with Crippen LogP contribution in [0.2, 0.25) is 0 Å². The van der Waals surface area contributed by atoms with Gasteiger partial charge in [0.25, 0.3) is 5.91 Å². The molecule has 2 atom stereocenters. The Hall–Kier alpha value is -2.54. The maximum absolute atomic E-state index is 11.9. The van der Waals surface area contributed by atoms with Gasteiger partial charge >= 0.3 is 5.97 Å². The molecule has 0 bridgehead atoms. The summed E-state index contributed by atoms with van der Waals surface area (Å²) in [6.07, 6.45) is 1.98. The Bertz CT molecular complexity index is 743. The van der Waals surface area contributed by atoms with Crippen molar-refractivity contribution in [1.29, 1.82) is 0 Å². The highest BCUT2D eigenvalue weighted by atomic mass is 16.4. The molecule has 0 radical (unpaired) electrons. The van der Waals surface area contributed by atoms with Crippen molar-refractivity contribution >= 4 is 29.5 Å². The molecule has 3 rings (SSSR count). The molecule has 2 aliphatic rings. The summed E-state index contributed by atoms with van der Waals surface area (Å²) in [5, 5.41) is 23.2. The van der Waals surface area contributed by atoms with Crippen molar-refractivity contribution in [2.75, 3.05) is 11.9 Å². The molecule has 1 amide bonds. The van der Waals surface area contributed by atoms with Crippen molar-refractivity contribution in [1.82, 2.24) is 5.32 Å². The number of nitrogens with zero attached hydrogens (tertiary/aromatic N) is 2. The highest BCUT2D eigenvalue weighted by Gasteiger charge is 2.46. The van der Waals surface area contributed by atoms with Gasteiger partial charge in [0.15, 0.2) is 5.71 Å². The van der Waals surface area contributed by atoms with Crippen LogP contribution in [0.25, 0.3) is 0 Å². The SMILES string of the molecule is CC1(/C=N/N=C2\C(=O)Nc3ccccc32)CC(C)(C(=O)O)CN1. The van der Waals surface area contributed by atoms with Crippen molar-refractivity contribution in [3.05, 3.63) is 29.8 Å². The molecule has 0 aliphatic carbocycles. The van der Waals surface area contributed by atoms with Crippen LogP contribution in [0, 0.1) is 5.41 Å². The van der Waals surface area contributed by atoms with Crippen molar-refractivity contribution in [2.24, 2.45) is 15.6 Å². The van der Waals surface area contributed by atoms with Crippen LogP contribution < -0.4 is 10.6 Å². The average molecular weight is 314 g/mol. The van der Waals surface area contributed by atoms with E-state index in [9.17, 15) is 14.7 Å². The first-order valence-electron chi connectivity index (χ1n) is 7.34. The highest BCUT2D eigenvalue weighted by molar-refractivity contribution is 6.53. The number of nitrogens with one attached hydrogen (secondary N) is 2. The molecule has 2 aliphatic heterocycles. The number of carboxylic acid groups (broad SMARTS) is 1. The number of carbonyl (C=O) groups is 2. The molecule has 1 saturated heterocycles. The van der Waals surface area contributed by atoms with E-state index in [0.29, 0.717) is 13.0 Å². The minimum Gasteiger partial charge on any atom is -0.481 e. The van der Waals surface area contributed by atoms with E-state index >= 15 is 0 Å². The van der Waals surface area contributed by atoms with Gasteiger partial charge in [0.1, 0.15) is 0 Å². The van der Waals surface area contributed by atoms with Gasteiger partial charge in [0.05, 0.1) is 16.6 Å². The van der Waals surface area contributed by atoms with Crippen LogP contribution in [0.4, 0.5) is 5.69 Å². The average Bonchev–Trinajstić information content (AvgIpc) is 2.98. The molecule has 0 saturated carbocycles. The second kappa shape index (κ2) is 5.27. The second-order valence-corrected chi connectivity index (χ2v) is 6.51. The van der Waals surface area contributed by atoms with E-state index < -0.39 is 16.9 Å². The fourth-order valence-electron chi connectivity index (χ4n) is 2.99. The number of amides is 1. The maximum atomic E-state index is 11.9. The number of hydrogen-bond acceptors (Lipinski definition) is 5. The zero-order chi connectivity index (χ0) is 16.7. The van der Waals surface area contributed by atoms with Gasteiger partial charge in [-0.25, -0.2) is 0 Å².